The molecule has 2 amide bonds. The number of methoxy groups -OCH3 is 1. The molecule has 1 aromatic heterocycles. The Labute approximate surface area is 176 Å². The monoisotopic (exact) mass is 412 g/mol. The molecule has 6 heteroatoms. The van der Waals surface area contributed by atoms with Crippen molar-refractivity contribution in [3.05, 3.63) is 51.7 Å². The minimum Gasteiger partial charge on any atom is -0.497 e. The van der Waals surface area contributed by atoms with Crippen LogP contribution in [0.1, 0.15) is 48.7 Å². The van der Waals surface area contributed by atoms with E-state index in [-0.39, 0.29) is 36.4 Å². The third kappa shape index (κ3) is 4.04. The van der Waals surface area contributed by atoms with Crippen LogP contribution in [-0.4, -0.2) is 47.9 Å². The van der Waals surface area contributed by atoms with Gasteiger partial charge in [0, 0.05) is 23.4 Å². The van der Waals surface area contributed by atoms with Crippen LogP contribution in [0.5, 0.6) is 5.75 Å². The van der Waals surface area contributed by atoms with E-state index < -0.39 is 0 Å². The summed E-state index contributed by atoms with van der Waals surface area (Å²) in [5.74, 6) is 0.819. The first kappa shape index (κ1) is 20.0. The lowest BCUT2D eigenvalue weighted by Crippen LogP contribution is -2.48. The van der Waals surface area contributed by atoms with Gasteiger partial charge >= 0.3 is 0 Å². The maximum atomic E-state index is 13.4. The number of rotatable bonds is 6. The molecule has 29 heavy (non-hydrogen) atoms. The average molecular weight is 413 g/mol. The minimum atomic E-state index is -0.112. The molecule has 0 bridgehead atoms. The number of hydrogen-bond donors (Lipinski definition) is 0. The number of carbonyl (C=O) groups excluding carboxylic acids is 2. The third-order valence-electron chi connectivity index (χ3n) is 5.79. The van der Waals surface area contributed by atoms with E-state index in [2.05, 4.69) is 11.4 Å². The van der Waals surface area contributed by atoms with Crippen LogP contribution in [0, 0.1) is 5.92 Å². The van der Waals surface area contributed by atoms with Crippen LogP contribution in [-0.2, 0) is 16.0 Å². The van der Waals surface area contributed by atoms with Crippen molar-refractivity contribution < 1.29 is 14.3 Å². The third-order valence-corrected chi connectivity index (χ3v) is 6.78. The number of benzene rings is 1. The summed E-state index contributed by atoms with van der Waals surface area (Å²) in [6.45, 7) is 4.66. The van der Waals surface area contributed by atoms with Crippen LogP contribution in [0.15, 0.2) is 35.7 Å². The van der Waals surface area contributed by atoms with Crippen molar-refractivity contribution in [3.63, 3.8) is 0 Å². The molecule has 1 saturated carbocycles. The highest BCUT2D eigenvalue weighted by molar-refractivity contribution is 7.10. The molecule has 0 radical (unpaired) electrons. The van der Waals surface area contributed by atoms with Gasteiger partial charge in [0.15, 0.2) is 0 Å². The molecule has 1 aliphatic heterocycles. The normalized spacial score (nSPS) is 18.5. The van der Waals surface area contributed by atoms with Gasteiger partial charge in [-0.2, -0.15) is 0 Å². The zero-order valence-electron chi connectivity index (χ0n) is 17.3. The second-order valence-corrected chi connectivity index (χ2v) is 9.16. The molecule has 2 aliphatic rings. The van der Waals surface area contributed by atoms with E-state index in [0.717, 1.165) is 30.6 Å². The minimum absolute atomic E-state index is 0.0311. The smallest absolute Gasteiger partial charge is 0.243 e. The molecular formula is C23H28N2O3S. The summed E-state index contributed by atoms with van der Waals surface area (Å²) in [6.07, 6.45) is 2.87. The first-order chi connectivity index (χ1) is 14.0. The van der Waals surface area contributed by atoms with Gasteiger partial charge in [0.25, 0.3) is 0 Å². The fourth-order valence-electron chi connectivity index (χ4n) is 4.07. The van der Waals surface area contributed by atoms with Crippen LogP contribution in [0.4, 0.5) is 0 Å². The summed E-state index contributed by atoms with van der Waals surface area (Å²) in [5.41, 5.74) is 2.28. The largest absolute Gasteiger partial charge is 0.497 e. The van der Waals surface area contributed by atoms with Gasteiger partial charge in [0.1, 0.15) is 12.3 Å². The Morgan fingerprint density at radius 2 is 1.93 bits per heavy atom. The predicted octanol–water partition coefficient (Wildman–Crippen LogP) is 3.88. The SMILES string of the molecule is COc1ccc([C@@H]2c3ccsc3CCN2C(=O)CN(C(=O)C(C)C)C2CC2)cc1. The van der Waals surface area contributed by atoms with Gasteiger partial charge in [-0.25, -0.2) is 0 Å². The number of nitrogens with zero attached hydrogens (tertiary/aromatic N) is 2. The second kappa shape index (κ2) is 8.19. The molecule has 2 heterocycles. The van der Waals surface area contributed by atoms with E-state index in [4.69, 9.17) is 4.74 Å². The summed E-state index contributed by atoms with van der Waals surface area (Å²) in [7, 11) is 1.65. The maximum absolute atomic E-state index is 13.4. The quantitative estimate of drug-likeness (QED) is 0.724. The molecule has 1 aliphatic carbocycles. The number of ether oxygens (including phenoxy) is 1. The highest BCUT2D eigenvalue weighted by atomic mass is 32.1. The van der Waals surface area contributed by atoms with Gasteiger partial charge in [-0.15, -0.1) is 11.3 Å². The predicted molar refractivity (Wildman–Crippen MR) is 114 cm³/mol. The van der Waals surface area contributed by atoms with E-state index in [1.807, 2.05) is 43.0 Å². The van der Waals surface area contributed by atoms with Crippen molar-refractivity contribution in [2.45, 2.75) is 45.2 Å². The Kier molecular flexibility index (Phi) is 5.63. The molecule has 0 unspecified atom stereocenters. The molecule has 0 spiro atoms. The number of hydrogen-bond acceptors (Lipinski definition) is 4. The van der Waals surface area contributed by atoms with Crippen LogP contribution >= 0.6 is 11.3 Å². The van der Waals surface area contributed by atoms with Gasteiger partial charge in [0.05, 0.1) is 13.2 Å². The topological polar surface area (TPSA) is 49.9 Å². The fraction of sp³-hybridized carbons (Fsp3) is 0.478. The number of amides is 2. The number of carbonyl (C=O) groups is 2. The van der Waals surface area contributed by atoms with Gasteiger partial charge in [0.2, 0.25) is 11.8 Å². The Balaban J connectivity index is 1.62. The van der Waals surface area contributed by atoms with Crippen molar-refractivity contribution >= 4 is 23.2 Å². The maximum Gasteiger partial charge on any atom is 0.243 e. The molecule has 154 valence electrons. The van der Waals surface area contributed by atoms with Crippen molar-refractivity contribution in [1.82, 2.24) is 9.80 Å². The van der Waals surface area contributed by atoms with Crippen molar-refractivity contribution in [1.29, 1.82) is 0 Å². The van der Waals surface area contributed by atoms with Crippen LogP contribution < -0.4 is 4.74 Å². The average Bonchev–Trinajstić information content (AvgIpc) is 3.46. The van der Waals surface area contributed by atoms with E-state index in [9.17, 15) is 9.59 Å². The molecule has 1 atom stereocenters. The van der Waals surface area contributed by atoms with Gasteiger partial charge in [-0.1, -0.05) is 26.0 Å². The second-order valence-electron chi connectivity index (χ2n) is 8.16. The van der Waals surface area contributed by atoms with E-state index in [1.54, 1.807) is 23.3 Å². The molecule has 1 aromatic carbocycles. The standard InChI is InChI=1S/C23H28N2O3S/c1-15(2)23(27)25(17-6-7-17)14-21(26)24-12-10-20-19(11-13-29-20)22(24)16-4-8-18(28-3)9-5-16/h4-5,8-9,11,13,15,17,22H,6-7,10,12,14H2,1-3H3/t22-/m1/s1. The first-order valence-electron chi connectivity index (χ1n) is 10.3. The molecule has 5 nitrogen and oxygen atoms in total. The van der Waals surface area contributed by atoms with E-state index in [0.29, 0.717) is 6.54 Å². The lowest BCUT2D eigenvalue weighted by Gasteiger charge is -2.38. The van der Waals surface area contributed by atoms with E-state index in [1.165, 1.54) is 10.4 Å². The molecule has 0 N–H and O–H groups in total. The molecule has 2 aromatic rings. The zero-order valence-corrected chi connectivity index (χ0v) is 18.1. The van der Waals surface area contributed by atoms with Gasteiger partial charge < -0.3 is 14.5 Å². The van der Waals surface area contributed by atoms with E-state index >= 15 is 0 Å². The molecule has 0 saturated heterocycles. The number of thiophene rings is 1. The fourth-order valence-corrected chi connectivity index (χ4v) is 4.98. The Morgan fingerprint density at radius 3 is 2.55 bits per heavy atom. The van der Waals surface area contributed by atoms with Crippen LogP contribution in [0.2, 0.25) is 0 Å². The molecule has 4 rings (SSSR count). The van der Waals surface area contributed by atoms with Crippen molar-refractivity contribution in [2.75, 3.05) is 20.2 Å². The van der Waals surface area contributed by atoms with Crippen molar-refractivity contribution in [2.24, 2.45) is 5.92 Å². The summed E-state index contributed by atoms with van der Waals surface area (Å²) in [6, 6.07) is 10.2. The van der Waals surface area contributed by atoms with Gasteiger partial charge in [-0.3, -0.25) is 9.59 Å². The molecule has 1 fully saturated rings. The Hall–Kier alpha value is -2.34. The van der Waals surface area contributed by atoms with Gasteiger partial charge in [-0.05, 0) is 54.0 Å². The lowest BCUT2D eigenvalue weighted by molar-refractivity contribution is -0.144. The zero-order chi connectivity index (χ0) is 20.5. The Morgan fingerprint density at radius 1 is 1.21 bits per heavy atom. The first-order valence-corrected chi connectivity index (χ1v) is 11.2. The summed E-state index contributed by atoms with van der Waals surface area (Å²) in [5, 5.41) is 2.11. The molecular weight excluding hydrogens is 384 g/mol. The highest BCUT2D eigenvalue weighted by Crippen LogP contribution is 2.38. The van der Waals surface area contributed by atoms with Crippen molar-refractivity contribution in [3.8, 4) is 5.75 Å². The van der Waals surface area contributed by atoms with Crippen LogP contribution in [0.25, 0.3) is 0 Å². The highest BCUT2D eigenvalue weighted by Gasteiger charge is 2.38. The lowest BCUT2D eigenvalue weighted by atomic mass is 9.93. The van der Waals surface area contributed by atoms with Crippen LogP contribution in [0.3, 0.4) is 0 Å². The number of fused-ring (bicyclic) bond motifs is 1. The summed E-state index contributed by atoms with van der Waals surface area (Å²) >= 11 is 1.76. The summed E-state index contributed by atoms with van der Waals surface area (Å²) in [4.78, 5) is 31.2. The summed E-state index contributed by atoms with van der Waals surface area (Å²) < 4.78 is 5.30. The Bertz CT molecular complexity index is 886.